The van der Waals surface area contributed by atoms with Crippen molar-refractivity contribution in [2.45, 2.75) is 26.3 Å². The quantitative estimate of drug-likeness (QED) is 0.578. The van der Waals surface area contributed by atoms with E-state index in [-0.39, 0.29) is 23.8 Å². The molecular weight excluding hydrogens is 296 g/mol. The monoisotopic (exact) mass is 314 g/mol. The van der Waals surface area contributed by atoms with Crippen LogP contribution >= 0.6 is 11.6 Å². The first-order chi connectivity index (χ1) is 9.79. The van der Waals surface area contributed by atoms with Gasteiger partial charge in [-0.1, -0.05) is 25.4 Å². The summed E-state index contributed by atoms with van der Waals surface area (Å²) in [4.78, 5) is 23.0. The fraction of sp³-hybridized carbons (Fsp3) is 0.429. The molecule has 0 unspecified atom stereocenters. The van der Waals surface area contributed by atoms with E-state index in [4.69, 9.17) is 16.7 Å². The smallest absolute Gasteiger partial charge is 0.321 e. The fourth-order valence-electron chi connectivity index (χ4n) is 1.62. The van der Waals surface area contributed by atoms with Gasteiger partial charge in [0.05, 0.1) is 12.1 Å². The Kier molecular flexibility index (Phi) is 6.45. The average molecular weight is 315 g/mol. The number of hydrogen-bond donors (Lipinski definition) is 4. The largest absolute Gasteiger partial charge is 0.506 e. The van der Waals surface area contributed by atoms with Crippen molar-refractivity contribution in [3.05, 3.63) is 23.2 Å². The summed E-state index contributed by atoms with van der Waals surface area (Å²) in [5.74, 6) is -1.47. The van der Waals surface area contributed by atoms with Crippen LogP contribution in [0.4, 0.5) is 5.69 Å². The predicted octanol–water partition coefficient (Wildman–Crippen LogP) is 2.07. The highest BCUT2D eigenvalue weighted by Crippen LogP contribution is 2.26. The van der Waals surface area contributed by atoms with Crippen LogP contribution in [-0.4, -0.2) is 34.7 Å². The van der Waals surface area contributed by atoms with Crippen molar-refractivity contribution in [2.24, 2.45) is 5.92 Å². The third-order valence-electron chi connectivity index (χ3n) is 2.69. The number of carbonyl (C=O) groups excluding carboxylic acids is 1. The van der Waals surface area contributed by atoms with E-state index in [1.807, 2.05) is 13.8 Å². The van der Waals surface area contributed by atoms with Gasteiger partial charge in [0.1, 0.15) is 11.8 Å². The number of carboxylic acid groups (broad SMARTS) is 1. The summed E-state index contributed by atoms with van der Waals surface area (Å²) >= 11 is 5.77. The third-order valence-corrected chi connectivity index (χ3v) is 2.93. The maximum Gasteiger partial charge on any atom is 0.321 e. The van der Waals surface area contributed by atoms with Crippen molar-refractivity contribution in [1.82, 2.24) is 5.32 Å². The number of nitrogens with one attached hydrogen (secondary N) is 2. The van der Waals surface area contributed by atoms with Gasteiger partial charge in [0.15, 0.2) is 0 Å². The average Bonchev–Trinajstić information content (AvgIpc) is 2.38. The Labute approximate surface area is 128 Å². The first-order valence-corrected chi connectivity index (χ1v) is 6.92. The molecule has 0 saturated carbocycles. The zero-order valence-corrected chi connectivity index (χ0v) is 12.6. The molecule has 116 valence electrons. The van der Waals surface area contributed by atoms with Crippen LogP contribution in [0.15, 0.2) is 18.2 Å². The van der Waals surface area contributed by atoms with E-state index < -0.39 is 17.9 Å². The summed E-state index contributed by atoms with van der Waals surface area (Å²) in [6.07, 6.45) is -0.242. The molecule has 0 aliphatic heterocycles. The summed E-state index contributed by atoms with van der Waals surface area (Å²) < 4.78 is 0. The minimum atomic E-state index is -1.10. The molecule has 1 amide bonds. The Bertz CT molecular complexity index is 520. The summed E-state index contributed by atoms with van der Waals surface area (Å²) in [6, 6.07) is 3.25. The number of carboxylic acids is 1. The number of rotatable bonds is 7. The highest BCUT2D eigenvalue weighted by atomic mass is 35.5. The van der Waals surface area contributed by atoms with E-state index in [0.717, 1.165) is 0 Å². The van der Waals surface area contributed by atoms with Crippen molar-refractivity contribution in [3.63, 3.8) is 0 Å². The molecule has 1 aromatic carbocycles. The van der Waals surface area contributed by atoms with Gasteiger partial charge in [-0.3, -0.25) is 9.59 Å². The van der Waals surface area contributed by atoms with Crippen molar-refractivity contribution < 1.29 is 19.8 Å². The minimum Gasteiger partial charge on any atom is -0.506 e. The second kappa shape index (κ2) is 7.85. The maximum absolute atomic E-state index is 11.9. The molecule has 1 aromatic rings. The lowest BCUT2D eigenvalue weighted by atomic mass is 10.1. The molecule has 1 rings (SSSR count). The van der Waals surface area contributed by atoms with Gasteiger partial charge < -0.3 is 20.8 Å². The SMILES string of the molecule is CC(C)CN[C@@H](CC(=O)Nc1cc(Cl)ccc1O)C(=O)O. The molecule has 0 aromatic heterocycles. The molecule has 0 saturated heterocycles. The molecule has 4 N–H and O–H groups in total. The summed E-state index contributed by atoms with van der Waals surface area (Å²) in [5.41, 5.74) is 0.153. The van der Waals surface area contributed by atoms with Gasteiger partial charge in [-0.15, -0.1) is 0 Å². The number of halogens is 1. The molecule has 6 nitrogen and oxygen atoms in total. The van der Waals surface area contributed by atoms with Crippen LogP contribution in [0.3, 0.4) is 0 Å². The van der Waals surface area contributed by atoms with Crippen LogP contribution in [-0.2, 0) is 9.59 Å². The first-order valence-electron chi connectivity index (χ1n) is 6.54. The Morgan fingerprint density at radius 2 is 2.00 bits per heavy atom. The van der Waals surface area contributed by atoms with Crippen LogP contribution in [0.5, 0.6) is 5.75 Å². The predicted molar refractivity (Wildman–Crippen MR) is 80.6 cm³/mol. The Hall–Kier alpha value is -1.79. The Morgan fingerprint density at radius 1 is 1.33 bits per heavy atom. The van der Waals surface area contributed by atoms with E-state index in [2.05, 4.69) is 10.6 Å². The molecule has 0 spiro atoms. The number of phenolic OH excluding ortho intramolecular Hbond substituents is 1. The number of carbonyl (C=O) groups is 2. The number of hydrogen-bond acceptors (Lipinski definition) is 4. The number of anilines is 1. The maximum atomic E-state index is 11.9. The summed E-state index contributed by atoms with van der Waals surface area (Å²) in [5, 5.41) is 24.3. The van der Waals surface area contributed by atoms with Gasteiger partial charge >= 0.3 is 5.97 Å². The molecule has 1 atom stereocenters. The number of aromatic hydroxyl groups is 1. The van der Waals surface area contributed by atoms with Crippen molar-refractivity contribution in [3.8, 4) is 5.75 Å². The van der Waals surface area contributed by atoms with Crippen LogP contribution in [0.25, 0.3) is 0 Å². The molecule has 0 aliphatic carbocycles. The zero-order valence-electron chi connectivity index (χ0n) is 11.9. The molecule has 21 heavy (non-hydrogen) atoms. The van der Waals surface area contributed by atoms with Crippen LogP contribution in [0.2, 0.25) is 5.02 Å². The van der Waals surface area contributed by atoms with Gasteiger partial charge in [-0.2, -0.15) is 0 Å². The van der Waals surface area contributed by atoms with E-state index in [1.54, 1.807) is 0 Å². The Balaban J connectivity index is 2.65. The summed E-state index contributed by atoms with van der Waals surface area (Å²) in [7, 11) is 0. The molecule has 0 aliphatic rings. The van der Waals surface area contributed by atoms with E-state index in [0.29, 0.717) is 11.6 Å². The Morgan fingerprint density at radius 3 is 2.57 bits per heavy atom. The normalized spacial score (nSPS) is 12.2. The third kappa shape index (κ3) is 6.01. The van der Waals surface area contributed by atoms with E-state index in [9.17, 15) is 14.7 Å². The lowest BCUT2D eigenvalue weighted by Crippen LogP contribution is -2.41. The van der Waals surface area contributed by atoms with Crippen molar-refractivity contribution in [1.29, 1.82) is 0 Å². The first kappa shape index (κ1) is 17.3. The lowest BCUT2D eigenvalue weighted by molar-refractivity contribution is -0.141. The van der Waals surface area contributed by atoms with E-state index >= 15 is 0 Å². The number of aliphatic carboxylic acids is 1. The van der Waals surface area contributed by atoms with Crippen LogP contribution < -0.4 is 10.6 Å². The molecule has 0 fully saturated rings. The van der Waals surface area contributed by atoms with Gasteiger partial charge in [0, 0.05) is 5.02 Å². The van der Waals surface area contributed by atoms with Crippen molar-refractivity contribution in [2.75, 3.05) is 11.9 Å². The molecule has 0 bridgehead atoms. The van der Waals surface area contributed by atoms with Gasteiger partial charge in [0.25, 0.3) is 0 Å². The topological polar surface area (TPSA) is 98.7 Å². The number of benzene rings is 1. The number of phenols is 1. The molecule has 0 radical (unpaired) electrons. The fourth-order valence-corrected chi connectivity index (χ4v) is 1.79. The van der Waals surface area contributed by atoms with Crippen LogP contribution in [0.1, 0.15) is 20.3 Å². The van der Waals surface area contributed by atoms with Gasteiger partial charge in [0.2, 0.25) is 5.91 Å². The lowest BCUT2D eigenvalue weighted by Gasteiger charge is -2.16. The second-order valence-corrected chi connectivity index (χ2v) is 5.54. The standard InChI is InChI=1S/C14H19ClN2O4/c1-8(2)7-16-11(14(20)21)6-13(19)17-10-5-9(15)3-4-12(10)18/h3-5,8,11,16,18H,6-7H2,1-2H3,(H,17,19)(H,20,21)/t11-/m0/s1. The summed E-state index contributed by atoms with van der Waals surface area (Å²) in [6.45, 7) is 4.37. The second-order valence-electron chi connectivity index (χ2n) is 5.11. The van der Waals surface area contributed by atoms with Gasteiger partial charge in [-0.05, 0) is 30.7 Å². The van der Waals surface area contributed by atoms with E-state index in [1.165, 1.54) is 18.2 Å². The van der Waals surface area contributed by atoms with Crippen LogP contribution in [0, 0.1) is 5.92 Å². The van der Waals surface area contributed by atoms with Gasteiger partial charge in [-0.25, -0.2) is 0 Å². The molecule has 0 heterocycles. The molecule has 7 heteroatoms. The zero-order chi connectivity index (χ0) is 16.0. The highest BCUT2D eigenvalue weighted by Gasteiger charge is 2.21. The number of amides is 1. The molecular formula is C14H19ClN2O4. The highest BCUT2D eigenvalue weighted by molar-refractivity contribution is 6.31. The minimum absolute atomic E-state index is 0.130. The van der Waals surface area contributed by atoms with Crippen molar-refractivity contribution >= 4 is 29.2 Å².